The lowest BCUT2D eigenvalue weighted by atomic mass is 10.2. The number of hydrogen-bond donors (Lipinski definition) is 2. The van der Waals surface area contributed by atoms with Crippen LogP contribution in [-0.2, 0) is 10.0 Å². The summed E-state index contributed by atoms with van der Waals surface area (Å²) in [5.41, 5.74) is 4.29. The minimum Gasteiger partial charge on any atom is -0.481 e. The van der Waals surface area contributed by atoms with Crippen LogP contribution in [0.5, 0.6) is 5.88 Å². The summed E-state index contributed by atoms with van der Waals surface area (Å²) in [5.74, 6) is -0.829. The van der Waals surface area contributed by atoms with Crippen molar-refractivity contribution in [3.8, 4) is 5.88 Å². The van der Waals surface area contributed by atoms with Crippen molar-refractivity contribution in [3.05, 3.63) is 11.6 Å². The number of hydrogen-bond acceptors (Lipinski definition) is 5. The Hall–Kier alpha value is -1.48. The number of ether oxygens (including phenoxy) is 1. The van der Waals surface area contributed by atoms with Crippen LogP contribution in [0.4, 0.5) is 14.6 Å². The zero-order valence-electron chi connectivity index (χ0n) is 8.15. The van der Waals surface area contributed by atoms with E-state index in [1.807, 2.05) is 0 Å². The Morgan fingerprint density at radius 2 is 2.06 bits per heavy atom. The quantitative estimate of drug-likeness (QED) is 0.803. The maximum atomic E-state index is 12.6. The number of alkyl halides is 2. The van der Waals surface area contributed by atoms with Gasteiger partial charge < -0.3 is 10.5 Å². The predicted octanol–water partition coefficient (Wildman–Crippen LogP) is 0.257. The molecule has 1 heterocycles. The minimum atomic E-state index is -4.31. The molecule has 0 atom stereocenters. The summed E-state index contributed by atoms with van der Waals surface area (Å²) < 4.78 is 51.9. The Labute approximate surface area is 90.3 Å². The lowest BCUT2D eigenvalue weighted by Crippen LogP contribution is -2.17. The fraction of sp³-hybridized carbons (Fsp3) is 0.286. The van der Waals surface area contributed by atoms with E-state index < -0.39 is 32.7 Å². The van der Waals surface area contributed by atoms with Gasteiger partial charge in [-0.15, -0.1) is 0 Å². The van der Waals surface area contributed by atoms with Gasteiger partial charge in [0.25, 0.3) is 6.43 Å². The zero-order valence-corrected chi connectivity index (χ0v) is 8.96. The first-order valence-electron chi connectivity index (χ1n) is 3.92. The molecule has 90 valence electrons. The van der Waals surface area contributed by atoms with Gasteiger partial charge in [0.2, 0.25) is 15.9 Å². The number of methoxy groups -OCH3 is 1. The fourth-order valence-corrected chi connectivity index (χ4v) is 1.85. The number of rotatable bonds is 3. The van der Waals surface area contributed by atoms with Crippen LogP contribution in [-0.4, -0.2) is 20.5 Å². The molecule has 0 bridgehead atoms. The molecular formula is C7H9F2N3O3S. The van der Waals surface area contributed by atoms with E-state index in [9.17, 15) is 17.2 Å². The monoisotopic (exact) mass is 253 g/mol. The van der Waals surface area contributed by atoms with Gasteiger partial charge in [0.1, 0.15) is 5.82 Å². The van der Waals surface area contributed by atoms with Crippen LogP contribution in [0.3, 0.4) is 0 Å². The molecule has 0 spiro atoms. The van der Waals surface area contributed by atoms with Gasteiger partial charge in [0, 0.05) is 6.07 Å². The van der Waals surface area contributed by atoms with Crippen LogP contribution < -0.4 is 15.6 Å². The third-order valence-electron chi connectivity index (χ3n) is 1.76. The van der Waals surface area contributed by atoms with Gasteiger partial charge in [-0.25, -0.2) is 22.3 Å². The molecule has 0 saturated carbocycles. The second kappa shape index (κ2) is 4.18. The zero-order chi connectivity index (χ0) is 12.5. The smallest absolute Gasteiger partial charge is 0.268 e. The highest BCUT2D eigenvalue weighted by Crippen LogP contribution is 2.32. The van der Waals surface area contributed by atoms with E-state index >= 15 is 0 Å². The normalized spacial score (nSPS) is 11.8. The summed E-state index contributed by atoms with van der Waals surface area (Å²) in [7, 11) is -3.12. The molecule has 1 rings (SSSR count). The average Bonchev–Trinajstić information content (AvgIpc) is 2.14. The molecule has 9 heteroatoms. The number of nitrogens with two attached hydrogens (primary N) is 2. The van der Waals surface area contributed by atoms with Gasteiger partial charge in [-0.1, -0.05) is 0 Å². The molecule has 4 N–H and O–H groups in total. The molecule has 1 aromatic rings. The van der Waals surface area contributed by atoms with Gasteiger partial charge in [-0.3, -0.25) is 0 Å². The molecule has 0 radical (unpaired) electrons. The van der Waals surface area contributed by atoms with Crippen LogP contribution in [0.1, 0.15) is 12.0 Å². The number of primary sulfonamides is 1. The number of aromatic nitrogens is 1. The van der Waals surface area contributed by atoms with E-state index in [0.717, 1.165) is 6.07 Å². The third kappa shape index (κ3) is 2.36. The van der Waals surface area contributed by atoms with E-state index in [2.05, 4.69) is 9.72 Å². The lowest BCUT2D eigenvalue weighted by molar-refractivity contribution is 0.148. The maximum absolute atomic E-state index is 12.6. The van der Waals surface area contributed by atoms with E-state index in [-0.39, 0.29) is 5.88 Å². The predicted molar refractivity (Wildman–Crippen MR) is 51.5 cm³/mol. The number of nitrogen functional groups attached to an aromatic ring is 1. The molecule has 16 heavy (non-hydrogen) atoms. The van der Waals surface area contributed by atoms with Crippen molar-refractivity contribution in [1.82, 2.24) is 4.98 Å². The van der Waals surface area contributed by atoms with Gasteiger partial charge in [0.05, 0.1) is 17.6 Å². The molecule has 0 aliphatic carbocycles. The van der Waals surface area contributed by atoms with Gasteiger partial charge >= 0.3 is 0 Å². The Bertz CT molecular complexity index is 504. The standard InChI is InChI=1S/C7H9F2N3O3S/c1-15-4-2-3(16(11,13)14)5(6(8)9)7(10)12-4/h2,6H,1H3,(H2,10,12)(H2,11,13,14). The maximum Gasteiger partial charge on any atom is 0.268 e. The number of nitrogens with zero attached hydrogens (tertiary/aromatic N) is 1. The van der Waals surface area contributed by atoms with E-state index in [4.69, 9.17) is 10.9 Å². The van der Waals surface area contributed by atoms with Gasteiger partial charge in [-0.05, 0) is 0 Å². The minimum absolute atomic E-state index is 0.203. The van der Waals surface area contributed by atoms with Crippen molar-refractivity contribution >= 4 is 15.8 Å². The first kappa shape index (κ1) is 12.6. The molecule has 0 unspecified atom stereocenters. The van der Waals surface area contributed by atoms with Crippen LogP contribution in [0.25, 0.3) is 0 Å². The number of sulfonamides is 1. The Morgan fingerprint density at radius 1 is 1.50 bits per heavy atom. The van der Waals surface area contributed by atoms with Gasteiger partial charge in [0.15, 0.2) is 0 Å². The molecule has 0 saturated heterocycles. The van der Waals surface area contributed by atoms with Crippen LogP contribution in [0, 0.1) is 0 Å². The van der Waals surface area contributed by atoms with Crippen LogP contribution >= 0.6 is 0 Å². The van der Waals surface area contributed by atoms with E-state index in [1.165, 1.54) is 7.11 Å². The summed E-state index contributed by atoms with van der Waals surface area (Å²) in [6.45, 7) is 0. The second-order valence-electron chi connectivity index (χ2n) is 2.81. The first-order valence-corrected chi connectivity index (χ1v) is 5.47. The summed E-state index contributed by atoms with van der Waals surface area (Å²) >= 11 is 0. The highest BCUT2D eigenvalue weighted by molar-refractivity contribution is 7.89. The molecular weight excluding hydrogens is 244 g/mol. The summed E-state index contributed by atoms with van der Waals surface area (Å²) in [4.78, 5) is 2.66. The van der Waals surface area contributed by atoms with Crippen molar-refractivity contribution in [1.29, 1.82) is 0 Å². The van der Waals surface area contributed by atoms with Crippen molar-refractivity contribution in [2.24, 2.45) is 5.14 Å². The topological polar surface area (TPSA) is 108 Å². The second-order valence-corrected chi connectivity index (χ2v) is 4.34. The van der Waals surface area contributed by atoms with Crippen molar-refractivity contribution < 1.29 is 21.9 Å². The molecule has 0 aromatic carbocycles. The average molecular weight is 253 g/mol. The van der Waals surface area contributed by atoms with Crippen molar-refractivity contribution in [3.63, 3.8) is 0 Å². The first-order chi connectivity index (χ1) is 7.27. The summed E-state index contributed by atoms with van der Waals surface area (Å²) in [5, 5.41) is 4.79. The SMILES string of the molecule is COc1cc(S(N)(=O)=O)c(C(F)F)c(N)n1. The number of anilines is 1. The van der Waals surface area contributed by atoms with Crippen LogP contribution in [0.15, 0.2) is 11.0 Å². The number of halogens is 2. The third-order valence-corrected chi connectivity index (χ3v) is 2.71. The van der Waals surface area contributed by atoms with Crippen molar-refractivity contribution in [2.75, 3.05) is 12.8 Å². The molecule has 0 fully saturated rings. The Morgan fingerprint density at radius 3 is 2.44 bits per heavy atom. The highest BCUT2D eigenvalue weighted by atomic mass is 32.2. The molecule has 0 amide bonds. The molecule has 0 aliphatic rings. The molecule has 6 nitrogen and oxygen atoms in total. The highest BCUT2D eigenvalue weighted by Gasteiger charge is 2.25. The van der Waals surface area contributed by atoms with E-state index in [0.29, 0.717) is 0 Å². The van der Waals surface area contributed by atoms with Gasteiger partial charge in [-0.2, -0.15) is 4.98 Å². The summed E-state index contributed by atoms with van der Waals surface area (Å²) in [6, 6.07) is 0.799. The van der Waals surface area contributed by atoms with Crippen LogP contribution in [0.2, 0.25) is 0 Å². The van der Waals surface area contributed by atoms with Crippen molar-refractivity contribution in [2.45, 2.75) is 11.3 Å². The lowest BCUT2D eigenvalue weighted by Gasteiger charge is -2.10. The van der Waals surface area contributed by atoms with E-state index in [1.54, 1.807) is 0 Å². The molecule has 0 aliphatic heterocycles. The molecule has 1 aromatic heterocycles. The Kier molecular flexibility index (Phi) is 3.29. The summed E-state index contributed by atoms with van der Waals surface area (Å²) in [6.07, 6.45) is -3.09. The largest absolute Gasteiger partial charge is 0.481 e. The number of pyridine rings is 1. The Balaban J connectivity index is 3.60. The fourth-order valence-electron chi connectivity index (χ4n) is 1.09.